The molecule has 0 saturated carbocycles. The standard InChI is InChI=1S/C20H22F2N2O4/c1-13(18(25)26)12-24(2)20(27)23-16-8-9-17(28-19(21)22)15(11-16)10-14-6-4-3-5-7-14/h3-9,11,13,19H,10,12H2,1-2H3,(H,23,27)(H,25,26). The highest BCUT2D eigenvalue weighted by molar-refractivity contribution is 5.89. The van der Waals surface area contributed by atoms with Crippen LogP contribution in [0.4, 0.5) is 19.3 Å². The third-order valence-electron chi connectivity index (χ3n) is 4.08. The molecular weight excluding hydrogens is 370 g/mol. The van der Waals surface area contributed by atoms with Crippen molar-refractivity contribution in [1.82, 2.24) is 4.90 Å². The largest absolute Gasteiger partial charge is 0.481 e. The van der Waals surface area contributed by atoms with Gasteiger partial charge in [-0.3, -0.25) is 4.79 Å². The Morgan fingerprint density at radius 2 is 1.86 bits per heavy atom. The third kappa shape index (κ3) is 6.22. The zero-order valence-corrected chi connectivity index (χ0v) is 15.6. The Morgan fingerprint density at radius 1 is 1.18 bits per heavy atom. The van der Waals surface area contributed by atoms with Crippen molar-refractivity contribution < 1.29 is 28.2 Å². The van der Waals surface area contributed by atoms with Gasteiger partial charge < -0.3 is 20.1 Å². The third-order valence-corrected chi connectivity index (χ3v) is 4.08. The summed E-state index contributed by atoms with van der Waals surface area (Å²) in [4.78, 5) is 24.4. The van der Waals surface area contributed by atoms with Crippen molar-refractivity contribution in [2.45, 2.75) is 20.0 Å². The van der Waals surface area contributed by atoms with Crippen LogP contribution in [0.5, 0.6) is 5.75 Å². The van der Waals surface area contributed by atoms with Gasteiger partial charge >= 0.3 is 18.6 Å². The maximum absolute atomic E-state index is 12.7. The number of ether oxygens (including phenoxy) is 1. The van der Waals surface area contributed by atoms with Crippen molar-refractivity contribution in [1.29, 1.82) is 0 Å². The average molecular weight is 392 g/mol. The van der Waals surface area contributed by atoms with Crippen molar-refractivity contribution in [3.63, 3.8) is 0 Å². The molecule has 0 fully saturated rings. The number of aliphatic carboxylic acids is 1. The molecule has 1 unspecified atom stereocenters. The topological polar surface area (TPSA) is 78.9 Å². The number of anilines is 1. The van der Waals surface area contributed by atoms with Crippen LogP contribution in [0.3, 0.4) is 0 Å². The van der Waals surface area contributed by atoms with Gasteiger partial charge in [-0.15, -0.1) is 0 Å². The van der Waals surface area contributed by atoms with Gasteiger partial charge in [0.25, 0.3) is 0 Å². The molecule has 1 atom stereocenters. The van der Waals surface area contributed by atoms with Crippen LogP contribution in [0, 0.1) is 5.92 Å². The number of carbonyl (C=O) groups is 2. The van der Waals surface area contributed by atoms with E-state index in [9.17, 15) is 18.4 Å². The minimum Gasteiger partial charge on any atom is -0.481 e. The number of nitrogens with zero attached hydrogens (tertiary/aromatic N) is 1. The summed E-state index contributed by atoms with van der Waals surface area (Å²) >= 11 is 0. The number of rotatable bonds is 8. The summed E-state index contributed by atoms with van der Waals surface area (Å²) < 4.78 is 30.0. The van der Waals surface area contributed by atoms with Gasteiger partial charge in [0.2, 0.25) is 0 Å². The van der Waals surface area contributed by atoms with Crippen LogP contribution >= 0.6 is 0 Å². The van der Waals surface area contributed by atoms with Crippen molar-refractivity contribution >= 4 is 17.7 Å². The van der Waals surface area contributed by atoms with Crippen LogP contribution in [0.25, 0.3) is 0 Å². The van der Waals surface area contributed by atoms with Crippen molar-refractivity contribution in [2.75, 3.05) is 18.9 Å². The van der Waals surface area contributed by atoms with E-state index >= 15 is 0 Å². The quantitative estimate of drug-likeness (QED) is 0.710. The zero-order valence-electron chi connectivity index (χ0n) is 15.6. The van der Waals surface area contributed by atoms with Gasteiger partial charge in [-0.25, -0.2) is 4.79 Å². The molecule has 0 spiro atoms. The molecule has 0 radical (unpaired) electrons. The number of nitrogens with one attached hydrogen (secondary N) is 1. The number of hydrogen-bond donors (Lipinski definition) is 2. The van der Waals surface area contributed by atoms with Crippen LogP contribution in [0.1, 0.15) is 18.1 Å². The minimum absolute atomic E-state index is 0.0321. The molecule has 2 aromatic rings. The molecular formula is C20H22F2N2O4. The summed E-state index contributed by atoms with van der Waals surface area (Å²) in [5.74, 6) is -1.69. The van der Waals surface area contributed by atoms with Crippen molar-refractivity contribution in [3.8, 4) is 5.75 Å². The summed E-state index contributed by atoms with van der Waals surface area (Å²) in [6.07, 6.45) is 0.346. The molecule has 0 aliphatic carbocycles. The summed E-state index contributed by atoms with van der Waals surface area (Å²) in [5.41, 5.74) is 1.79. The molecule has 2 N–H and O–H groups in total. The Morgan fingerprint density at radius 3 is 2.46 bits per heavy atom. The molecule has 0 aromatic heterocycles. The van der Waals surface area contributed by atoms with E-state index in [2.05, 4.69) is 10.1 Å². The fraction of sp³-hybridized carbons (Fsp3) is 0.300. The van der Waals surface area contributed by atoms with E-state index in [1.807, 2.05) is 30.3 Å². The number of amides is 2. The van der Waals surface area contributed by atoms with E-state index < -0.39 is 24.5 Å². The van der Waals surface area contributed by atoms with E-state index in [-0.39, 0.29) is 12.3 Å². The number of carbonyl (C=O) groups excluding carboxylic acids is 1. The Balaban J connectivity index is 2.17. The fourth-order valence-electron chi connectivity index (χ4n) is 2.61. The second kappa shape index (κ2) is 9.68. The summed E-state index contributed by atoms with van der Waals surface area (Å²) in [7, 11) is 1.48. The number of halogens is 2. The van der Waals surface area contributed by atoms with E-state index in [1.54, 1.807) is 6.07 Å². The molecule has 0 aliphatic rings. The van der Waals surface area contributed by atoms with Gasteiger partial charge in [-0.05, 0) is 23.8 Å². The normalized spacial score (nSPS) is 11.8. The highest BCUT2D eigenvalue weighted by Crippen LogP contribution is 2.27. The van der Waals surface area contributed by atoms with E-state index in [0.717, 1.165) is 5.56 Å². The second-order valence-electron chi connectivity index (χ2n) is 6.41. The van der Waals surface area contributed by atoms with Crippen LogP contribution in [-0.4, -0.2) is 42.2 Å². The lowest BCUT2D eigenvalue weighted by Gasteiger charge is -2.20. The number of carboxylic acids is 1. The number of hydrogen-bond acceptors (Lipinski definition) is 3. The molecule has 0 saturated heterocycles. The molecule has 0 heterocycles. The van der Waals surface area contributed by atoms with Crippen LogP contribution in [0.2, 0.25) is 0 Å². The Kier molecular flexibility index (Phi) is 7.31. The van der Waals surface area contributed by atoms with Crippen molar-refractivity contribution in [3.05, 3.63) is 59.7 Å². The van der Waals surface area contributed by atoms with Crippen molar-refractivity contribution in [2.24, 2.45) is 5.92 Å². The van der Waals surface area contributed by atoms with Crippen LogP contribution in [-0.2, 0) is 11.2 Å². The second-order valence-corrected chi connectivity index (χ2v) is 6.41. The van der Waals surface area contributed by atoms with Gasteiger partial charge in [0.05, 0.1) is 5.92 Å². The Hall–Kier alpha value is -3.16. The first kappa shape index (κ1) is 21.1. The lowest BCUT2D eigenvalue weighted by Crippen LogP contribution is -2.36. The fourth-order valence-corrected chi connectivity index (χ4v) is 2.61. The molecule has 28 heavy (non-hydrogen) atoms. The van der Waals surface area contributed by atoms with Gasteiger partial charge in [0, 0.05) is 31.3 Å². The maximum Gasteiger partial charge on any atom is 0.387 e. The lowest BCUT2D eigenvalue weighted by molar-refractivity contribution is -0.141. The minimum atomic E-state index is -2.96. The number of carboxylic acid groups (broad SMARTS) is 1. The maximum atomic E-state index is 12.7. The SMILES string of the molecule is CC(CN(C)C(=O)Nc1ccc(OC(F)F)c(Cc2ccccc2)c1)C(=O)O. The monoisotopic (exact) mass is 392 g/mol. The summed E-state index contributed by atoms with van der Waals surface area (Å²) in [6.45, 7) is -1.43. The first-order chi connectivity index (χ1) is 13.3. The molecule has 6 nitrogen and oxygen atoms in total. The molecule has 2 aromatic carbocycles. The predicted molar refractivity (Wildman–Crippen MR) is 101 cm³/mol. The molecule has 8 heteroatoms. The highest BCUT2D eigenvalue weighted by Gasteiger charge is 2.18. The first-order valence-corrected chi connectivity index (χ1v) is 8.63. The number of alkyl halides is 2. The first-order valence-electron chi connectivity index (χ1n) is 8.63. The van der Waals surface area contributed by atoms with Gasteiger partial charge in [0.1, 0.15) is 5.75 Å². The number of benzene rings is 2. The molecule has 0 aliphatic heterocycles. The smallest absolute Gasteiger partial charge is 0.387 e. The Labute approximate surface area is 161 Å². The van der Waals surface area contributed by atoms with E-state index in [0.29, 0.717) is 17.7 Å². The summed E-state index contributed by atoms with van der Waals surface area (Å²) in [5, 5.41) is 11.6. The van der Waals surface area contributed by atoms with Gasteiger partial charge in [0.15, 0.2) is 0 Å². The molecule has 2 amide bonds. The average Bonchev–Trinajstić information content (AvgIpc) is 2.64. The Bertz CT molecular complexity index is 815. The van der Waals surface area contributed by atoms with Crippen LogP contribution < -0.4 is 10.1 Å². The highest BCUT2D eigenvalue weighted by atomic mass is 19.3. The molecule has 2 rings (SSSR count). The van der Waals surface area contributed by atoms with E-state index in [1.165, 1.54) is 31.0 Å². The molecule has 0 bridgehead atoms. The summed E-state index contributed by atoms with van der Waals surface area (Å²) in [6, 6.07) is 13.2. The predicted octanol–water partition coefficient (Wildman–Crippen LogP) is 4.06. The lowest BCUT2D eigenvalue weighted by atomic mass is 10.0. The van der Waals surface area contributed by atoms with Gasteiger partial charge in [-0.2, -0.15) is 8.78 Å². The van der Waals surface area contributed by atoms with Crippen LogP contribution in [0.15, 0.2) is 48.5 Å². The van der Waals surface area contributed by atoms with Gasteiger partial charge in [-0.1, -0.05) is 37.3 Å². The van der Waals surface area contributed by atoms with E-state index in [4.69, 9.17) is 5.11 Å². The zero-order chi connectivity index (χ0) is 20.7. The number of urea groups is 1. The molecule has 150 valence electrons.